The normalized spacial score (nSPS) is 10.1. The molecule has 0 atom stereocenters. The summed E-state index contributed by atoms with van der Waals surface area (Å²) in [4.78, 5) is 11.6. The van der Waals surface area contributed by atoms with Crippen LogP contribution in [0.5, 0.6) is 5.75 Å². The van der Waals surface area contributed by atoms with Gasteiger partial charge in [-0.15, -0.1) is 10.2 Å². The maximum Gasteiger partial charge on any atom is 0.368 e. The van der Waals surface area contributed by atoms with Crippen LogP contribution >= 0.6 is 0 Å². The largest absolute Gasteiger partial charge is 0.422 e. The highest BCUT2D eigenvalue weighted by molar-refractivity contribution is 5.93. The number of anilines is 1. The number of nitrogens with zero attached hydrogens (tertiary/aromatic N) is 2. The van der Waals surface area contributed by atoms with E-state index in [2.05, 4.69) is 15.4 Å². The van der Waals surface area contributed by atoms with Crippen LogP contribution in [0.3, 0.4) is 0 Å². The molecule has 0 saturated heterocycles. The average Bonchev–Trinajstić information content (AvgIpc) is 2.64. The lowest BCUT2D eigenvalue weighted by molar-refractivity contribution is 0.0729. The fourth-order valence-corrected chi connectivity index (χ4v) is 1.22. The number of esters is 1. The summed E-state index contributed by atoms with van der Waals surface area (Å²) in [6.07, 6.45) is 0. The molecule has 6 heteroatoms. The summed E-state index contributed by atoms with van der Waals surface area (Å²) in [5.41, 5.74) is 6.41. The molecule has 3 N–H and O–H groups in total. The van der Waals surface area contributed by atoms with Crippen molar-refractivity contribution in [2.75, 3.05) is 5.73 Å². The Bertz CT molecular complexity index is 521. The highest BCUT2D eigenvalue weighted by Gasteiger charge is 2.16. The van der Waals surface area contributed by atoms with Crippen LogP contribution in [-0.2, 0) is 0 Å². The van der Waals surface area contributed by atoms with Crippen molar-refractivity contribution >= 4 is 11.8 Å². The zero-order valence-electron chi connectivity index (χ0n) is 8.60. The number of carbonyl (C=O) groups excluding carboxylic acids is 1. The first kappa shape index (κ1) is 10.2. The van der Waals surface area contributed by atoms with Gasteiger partial charge in [-0.3, -0.25) is 0 Å². The molecule has 82 valence electrons. The number of aromatic amines is 1. The van der Waals surface area contributed by atoms with E-state index in [1.54, 1.807) is 18.2 Å². The van der Waals surface area contributed by atoms with Crippen molar-refractivity contribution in [2.24, 2.45) is 0 Å². The first-order valence-corrected chi connectivity index (χ1v) is 4.62. The third-order valence-electron chi connectivity index (χ3n) is 1.97. The Labute approximate surface area is 91.4 Å². The molecule has 0 aliphatic rings. The van der Waals surface area contributed by atoms with Crippen LogP contribution < -0.4 is 10.5 Å². The minimum atomic E-state index is -0.628. The number of aromatic nitrogens is 3. The van der Waals surface area contributed by atoms with Crippen molar-refractivity contribution < 1.29 is 9.53 Å². The fourth-order valence-electron chi connectivity index (χ4n) is 1.22. The maximum atomic E-state index is 11.6. The van der Waals surface area contributed by atoms with Gasteiger partial charge in [0.1, 0.15) is 5.75 Å². The number of carbonyl (C=O) groups is 1. The highest BCUT2D eigenvalue weighted by atomic mass is 16.5. The molecule has 16 heavy (non-hydrogen) atoms. The molecule has 0 spiro atoms. The zero-order chi connectivity index (χ0) is 11.5. The van der Waals surface area contributed by atoms with E-state index in [1.807, 2.05) is 13.0 Å². The lowest BCUT2D eigenvalue weighted by atomic mass is 10.2. The third-order valence-corrected chi connectivity index (χ3v) is 1.97. The lowest BCUT2D eigenvalue weighted by Crippen LogP contribution is -2.11. The topological polar surface area (TPSA) is 93.9 Å². The van der Waals surface area contributed by atoms with Crippen LogP contribution in [0.25, 0.3) is 0 Å². The number of hydrogen-bond acceptors (Lipinski definition) is 5. The van der Waals surface area contributed by atoms with Gasteiger partial charge in [-0.1, -0.05) is 12.1 Å². The van der Waals surface area contributed by atoms with Gasteiger partial charge < -0.3 is 10.5 Å². The summed E-state index contributed by atoms with van der Waals surface area (Å²) in [7, 11) is 0. The van der Waals surface area contributed by atoms with Crippen LogP contribution in [0.15, 0.2) is 24.3 Å². The second-order valence-electron chi connectivity index (χ2n) is 3.26. The Morgan fingerprint density at radius 3 is 2.88 bits per heavy atom. The summed E-state index contributed by atoms with van der Waals surface area (Å²) in [5.74, 6) is -0.151. The number of nitrogen functional groups attached to an aromatic ring is 1. The molecule has 0 aliphatic heterocycles. The van der Waals surface area contributed by atoms with Crippen LogP contribution in [-0.4, -0.2) is 21.4 Å². The van der Waals surface area contributed by atoms with Crippen molar-refractivity contribution in [3.05, 3.63) is 35.5 Å². The molecule has 2 aromatic rings. The van der Waals surface area contributed by atoms with E-state index in [-0.39, 0.29) is 11.5 Å². The number of rotatable bonds is 2. The molecule has 6 nitrogen and oxygen atoms in total. The Balaban J connectivity index is 2.17. The van der Waals surface area contributed by atoms with Crippen LogP contribution in [0, 0.1) is 6.92 Å². The minimum absolute atomic E-state index is 0.0125. The number of H-pyrrole nitrogens is 1. The fraction of sp³-hybridized carbons (Fsp3) is 0.100. The van der Waals surface area contributed by atoms with Crippen LogP contribution in [0.2, 0.25) is 0 Å². The van der Waals surface area contributed by atoms with Gasteiger partial charge in [0.25, 0.3) is 0 Å². The molecule has 0 bridgehead atoms. The SMILES string of the molecule is Cc1cccc(OC(=O)c2n[nH]nc2N)c1. The van der Waals surface area contributed by atoms with Gasteiger partial charge in [-0.25, -0.2) is 4.79 Å². The number of aryl methyl sites for hydroxylation is 1. The molecule has 1 aromatic heterocycles. The van der Waals surface area contributed by atoms with Crippen molar-refractivity contribution in [1.29, 1.82) is 0 Å². The van der Waals surface area contributed by atoms with Gasteiger partial charge in [0.2, 0.25) is 5.69 Å². The predicted molar refractivity (Wildman–Crippen MR) is 56.9 cm³/mol. The van der Waals surface area contributed by atoms with Crippen molar-refractivity contribution in [3.8, 4) is 5.75 Å². The smallest absolute Gasteiger partial charge is 0.368 e. The highest BCUT2D eigenvalue weighted by Crippen LogP contribution is 2.14. The van der Waals surface area contributed by atoms with E-state index >= 15 is 0 Å². The standard InChI is InChI=1S/C10H10N4O2/c1-6-3-2-4-7(5-6)16-10(15)8-9(11)13-14-12-8/h2-5H,1H3,(H3,11,12,13,14). The molecule has 2 rings (SSSR count). The van der Waals surface area contributed by atoms with Gasteiger partial charge in [0, 0.05) is 0 Å². The third kappa shape index (κ3) is 2.00. The predicted octanol–water partition coefficient (Wildman–Crippen LogP) is 0.915. The van der Waals surface area contributed by atoms with E-state index in [1.165, 1.54) is 0 Å². The van der Waals surface area contributed by atoms with Gasteiger partial charge in [0.05, 0.1) is 0 Å². The number of hydrogen-bond donors (Lipinski definition) is 2. The molecule has 0 radical (unpaired) electrons. The van der Waals surface area contributed by atoms with Crippen LogP contribution in [0.1, 0.15) is 16.1 Å². The second kappa shape index (κ2) is 4.01. The number of ether oxygens (including phenoxy) is 1. The molecule has 0 fully saturated rings. The number of nitrogens with one attached hydrogen (secondary N) is 1. The van der Waals surface area contributed by atoms with Gasteiger partial charge in [0.15, 0.2) is 5.82 Å². The summed E-state index contributed by atoms with van der Waals surface area (Å²) in [5, 5.41) is 9.39. The first-order valence-electron chi connectivity index (χ1n) is 4.62. The van der Waals surface area contributed by atoms with E-state index < -0.39 is 5.97 Å². The average molecular weight is 218 g/mol. The molecular formula is C10H10N4O2. The quantitative estimate of drug-likeness (QED) is 0.577. The molecule has 0 saturated carbocycles. The van der Waals surface area contributed by atoms with E-state index in [0.29, 0.717) is 5.75 Å². The van der Waals surface area contributed by atoms with Gasteiger partial charge >= 0.3 is 5.97 Å². The Kier molecular flexibility index (Phi) is 2.55. The van der Waals surface area contributed by atoms with Crippen molar-refractivity contribution in [1.82, 2.24) is 15.4 Å². The molecule has 1 aromatic carbocycles. The van der Waals surface area contributed by atoms with E-state index in [4.69, 9.17) is 10.5 Å². The lowest BCUT2D eigenvalue weighted by Gasteiger charge is -2.02. The molecule has 0 amide bonds. The zero-order valence-corrected chi connectivity index (χ0v) is 8.60. The first-order chi connectivity index (χ1) is 7.66. The van der Waals surface area contributed by atoms with Crippen LogP contribution in [0.4, 0.5) is 5.82 Å². The molecule has 1 heterocycles. The number of nitrogens with two attached hydrogens (primary N) is 1. The molecule has 0 unspecified atom stereocenters. The van der Waals surface area contributed by atoms with Crippen molar-refractivity contribution in [2.45, 2.75) is 6.92 Å². The summed E-state index contributed by atoms with van der Waals surface area (Å²) in [6.45, 7) is 1.90. The van der Waals surface area contributed by atoms with E-state index in [9.17, 15) is 4.79 Å². The van der Waals surface area contributed by atoms with Crippen molar-refractivity contribution in [3.63, 3.8) is 0 Å². The Morgan fingerprint density at radius 1 is 1.44 bits per heavy atom. The monoisotopic (exact) mass is 218 g/mol. The summed E-state index contributed by atoms with van der Waals surface area (Å²) in [6, 6.07) is 7.13. The number of benzene rings is 1. The van der Waals surface area contributed by atoms with Gasteiger partial charge in [-0.05, 0) is 24.6 Å². The van der Waals surface area contributed by atoms with E-state index in [0.717, 1.165) is 5.56 Å². The maximum absolute atomic E-state index is 11.6. The summed E-state index contributed by atoms with van der Waals surface area (Å²) < 4.78 is 5.08. The van der Waals surface area contributed by atoms with Gasteiger partial charge in [-0.2, -0.15) is 5.21 Å². The minimum Gasteiger partial charge on any atom is -0.422 e. The Hall–Kier alpha value is -2.37. The summed E-state index contributed by atoms with van der Waals surface area (Å²) >= 11 is 0. The molecular weight excluding hydrogens is 208 g/mol. The molecule has 0 aliphatic carbocycles. The Morgan fingerprint density at radius 2 is 2.25 bits per heavy atom. The second-order valence-corrected chi connectivity index (χ2v) is 3.26.